The van der Waals surface area contributed by atoms with Gasteiger partial charge in [0.1, 0.15) is 0 Å². The normalized spacial score (nSPS) is 10.8. The van der Waals surface area contributed by atoms with Gasteiger partial charge in [-0.05, 0) is 18.2 Å². The molecule has 0 spiro atoms. The van der Waals surface area contributed by atoms with Crippen molar-refractivity contribution in [2.75, 3.05) is 0 Å². The van der Waals surface area contributed by atoms with E-state index in [0.717, 1.165) is 6.07 Å². The second kappa shape index (κ2) is 6.35. The molecule has 0 aliphatic carbocycles. The van der Waals surface area contributed by atoms with E-state index in [1.807, 2.05) is 0 Å². The molecule has 0 saturated heterocycles. The Bertz CT molecular complexity index is 548. The minimum absolute atomic E-state index is 0.184. The smallest absolute Gasteiger partial charge is 0.344 e. The molecule has 1 aromatic carbocycles. The molecule has 20 heavy (non-hydrogen) atoms. The van der Waals surface area contributed by atoms with E-state index < -0.39 is 29.2 Å². The van der Waals surface area contributed by atoms with Crippen LogP contribution in [-0.2, 0) is 20.6 Å². The lowest BCUT2D eigenvalue weighted by Crippen LogP contribution is -2.39. The molecular formula is C10H6ClF3N2O4. The van der Waals surface area contributed by atoms with E-state index >= 15 is 0 Å². The molecular weight excluding hydrogens is 305 g/mol. The number of rotatable bonds is 4. The van der Waals surface area contributed by atoms with E-state index in [-0.39, 0.29) is 11.3 Å². The summed E-state index contributed by atoms with van der Waals surface area (Å²) in [6.07, 6.45) is -4.83. The van der Waals surface area contributed by atoms with Gasteiger partial charge in [0.05, 0.1) is 16.1 Å². The molecule has 108 valence electrons. The summed E-state index contributed by atoms with van der Waals surface area (Å²) in [6.45, 7) is 0. The Hall–Kier alpha value is -2.13. The fourth-order valence-electron chi connectivity index (χ4n) is 1.09. The van der Waals surface area contributed by atoms with E-state index in [2.05, 4.69) is 4.84 Å². The third-order valence-corrected chi connectivity index (χ3v) is 2.28. The number of alkyl halides is 3. The summed E-state index contributed by atoms with van der Waals surface area (Å²) in [6, 6.07) is 2.14. The molecule has 0 bridgehead atoms. The van der Waals surface area contributed by atoms with Gasteiger partial charge in [0.25, 0.3) is 5.91 Å². The number of hydrogen-bond acceptors (Lipinski definition) is 5. The number of benzene rings is 1. The first kappa shape index (κ1) is 15.9. The molecule has 0 radical (unpaired) electrons. The van der Waals surface area contributed by atoms with Gasteiger partial charge in [-0.25, -0.2) is 4.79 Å². The molecule has 1 aromatic rings. The summed E-state index contributed by atoms with van der Waals surface area (Å²) in [5.74, 6) is -2.42. The number of halogens is 4. The molecule has 6 nitrogen and oxygen atoms in total. The third kappa shape index (κ3) is 4.21. The first-order valence-electron chi connectivity index (χ1n) is 4.83. The van der Waals surface area contributed by atoms with Crippen LogP contribution in [0.15, 0.2) is 18.2 Å². The molecule has 0 heterocycles. The predicted molar refractivity (Wildman–Crippen MR) is 59.2 cm³/mol. The number of nitrogens with one attached hydrogen (secondary N) is 2. The zero-order valence-corrected chi connectivity index (χ0v) is 10.2. The Morgan fingerprint density at radius 2 is 1.95 bits per heavy atom. The van der Waals surface area contributed by atoms with Crippen LogP contribution < -0.4 is 11.0 Å². The zero-order valence-electron chi connectivity index (χ0n) is 9.45. The number of aldehydes is 1. The van der Waals surface area contributed by atoms with Gasteiger partial charge >= 0.3 is 12.1 Å². The first-order valence-corrected chi connectivity index (χ1v) is 5.21. The van der Waals surface area contributed by atoms with Gasteiger partial charge in [-0.1, -0.05) is 17.2 Å². The van der Waals surface area contributed by atoms with Crippen LogP contribution in [0.5, 0.6) is 0 Å². The van der Waals surface area contributed by atoms with Crippen LogP contribution in [0.25, 0.3) is 0 Å². The second-order valence-electron chi connectivity index (χ2n) is 3.29. The van der Waals surface area contributed by atoms with Crippen molar-refractivity contribution >= 4 is 29.8 Å². The van der Waals surface area contributed by atoms with Crippen LogP contribution in [0, 0.1) is 0 Å². The Morgan fingerprint density at radius 3 is 2.50 bits per heavy atom. The van der Waals surface area contributed by atoms with Crippen molar-refractivity contribution in [1.82, 2.24) is 11.0 Å². The summed E-state index contributed by atoms with van der Waals surface area (Å²) < 4.78 is 37.4. The van der Waals surface area contributed by atoms with Gasteiger partial charge in [0.2, 0.25) is 6.29 Å². The minimum Gasteiger partial charge on any atom is -0.344 e. The van der Waals surface area contributed by atoms with Crippen LogP contribution in [0.1, 0.15) is 15.9 Å². The monoisotopic (exact) mass is 310 g/mol. The molecule has 0 aromatic heterocycles. The lowest BCUT2D eigenvalue weighted by atomic mass is 10.1. The standard InChI is InChI=1S/C10H6ClF3N2O4/c11-7-2-1-5(10(12,13)14)3-6(7)9(19)15-16-20-8(18)4-17/h1-4,16H,(H,15,19). The van der Waals surface area contributed by atoms with Gasteiger partial charge in [-0.3, -0.25) is 15.0 Å². The average Bonchev–Trinajstić information content (AvgIpc) is 2.37. The molecule has 0 aliphatic rings. The number of carbonyl (C=O) groups is 3. The minimum atomic E-state index is -4.64. The molecule has 0 aliphatic heterocycles. The van der Waals surface area contributed by atoms with Crippen molar-refractivity contribution < 1.29 is 32.4 Å². The van der Waals surface area contributed by atoms with Gasteiger partial charge in [0.15, 0.2) is 0 Å². The van der Waals surface area contributed by atoms with Gasteiger partial charge < -0.3 is 4.84 Å². The Kier molecular flexibility index (Phi) is 5.06. The molecule has 10 heteroatoms. The maximum Gasteiger partial charge on any atom is 0.416 e. The molecule has 0 fully saturated rings. The highest BCUT2D eigenvalue weighted by atomic mass is 35.5. The number of amides is 1. The topological polar surface area (TPSA) is 84.5 Å². The molecule has 1 rings (SSSR count). The maximum absolute atomic E-state index is 12.5. The van der Waals surface area contributed by atoms with Crippen LogP contribution in [-0.4, -0.2) is 18.2 Å². The summed E-state index contributed by atoms with van der Waals surface area (Å²) in [5.41, 5.74) is 1.78. The molecule has 1 amide bonds. The molecule has 0 saturated carbocycles. The van der Waals surface area contributed by atoms with E-state index in [0.29, 0.717) is 12.1 Å². The highest BCUT2D eigenvalue weighted by molar-refractivity contribution is 6.33. The summed E-state index contributed by atoms with van der Waals surface area (Å²) >= 11 is 5.59. The van der Waals surface area contributed by atoms with Crippen molar-refractivity contribution in [2.24, 2.45) is 0 Å². The average molecular weight is 311 g/mol. The van der Waals surface area contributed by atoms with E-state index in [4.69, 9.17) is 11.6 Å². The first-order chi connectivity index (χ1) is 9.25. The van der Waals surface area contributed by atoms with Crippen LogP contribution in [0.3, 0.4) is 0 Å². The van der Waals surface area contributed by atoms with Crippen molar-refractivity contribution in [3.8, 4) is 0 Å². The number of hydrogen-bond donors (Lipinski definition) is 2. The Morgan fingerprint density at radius 1 is 1.30 bits per heavy atom. The molecule has 2 N–H and O–H groups in total. The maximum atomic E-state index is 12.5. The van der Waals surface area contributed by atoms with Crippen molar-refractivity contribution in [1.29, 1.82) is 0 Å². The number of carbonyl (C=O) groups excluding carboxylic acids is 3. The SMILES string of the molecule is O=CC(=O)ONNC(=O)c1cc(C(F)(F)F)ccc1Cl. The van der Waals surface area contributed by atoms with E-state index in [1.165, 1.54) is 0 Å². The van der Waals surface area contributed by atoms with Gasteiger partial charge in [-0.2, -0.15) is 13.2 Å². The molecule has 0 atom stereocenters. The molecule has 0 unspecified atom stereocenters. The predicted octanol–water partition coefficient (Wildman–Crippen LogP) is 1.25. The summed E-state index contributed by atoms with van der Waals surface area (Å²) in [7, 11) is 0. The fraction of sp³-hybridized carbons (Fsp3) is 0.100. The summed E-state index contributed by atoms with van der Waals surface area (Å²) in [4.78, 5) is 35.8. The number of hydrazine groups is 1. The van der Waals surface area contributed by atoms with Crippen LogP contribution in [0.4, 0.5) is 13.2 Å². The summed E-state index contributed by atoms with van der Waals surface area (Å²) in [5, 5.41) is -0.237. The Balaban J connectivity index is 2.82. The largest absolute Gasteiger partial charge is 0.416 e. The third-order valence-electron chi connectivity index (χ3n) is 1.95. The van der Waals surface area contributed by atoms with Gasteiger partial charge in [-0.15, -0.1) is 0 Å². The lowest BCUT2D eigenvalue weighted by molar-refractivity contribution is -0.156. The van der Waals surface area contributed by atoms with Gasteiger partial charge in [0, 0.05) is 0 Å². The highest BCUT2D eigenvalue weighted by Gasteiger charge is 2.31. The second-order valence-corrected chi connectivity index (χ2v) is 3.69. The Labute approximate surface area is 114 Å². The van der Waals surface area contributed by atoms with Crippen molar-refractivity contribution in [3.05, 3.63) is 34.3 Å². The van der Waals surface area contributed by atoms with E-state index in [1.54, 1.807) is 11.0 Å². The van der Waals surface area contributed by atoms with Crippen LogP contribution >= 0.6 is 11.6 Å². The van der Waals surface area contributed by atoms with Crippen LogP contribution in [0.2, 0.25) is 5.02 Å². The fourth-order valence-corrected chi connectivity index (χ4v) is 1.29. The highest BCUT2D eigenvalue weighted by Crippen LogP contribution is 2.31. The van der Waals surface area contributed by atoms with Crippen molar-refractivity contribution in [2.45, 2.75) is 6.18 Å². The zero-order chi connectivity index (χ0) is 15.3. The lowest BCUT2D eigenvalue weighted by Gasteiger charge is -2.10. The van der Waals surface area contributed by atoms with E-state index in [9.17, 15) is 27.6 Å². The van der Waals surface area contributed by atoms with Crippen molar-refractivity contribution in [3.63, 3.8) is 0 Å². The quantitative estimate of drug-likeness (QED) is 0.497.